The van der Waals surface area contributed by atoms with Crippen molar-refractivity contribution in [3.8, 4) is 5.75 Å². The van der Waals surface area contributed by atoms with E-state index in [0.717, 1.165) is 11.3 Å². The highest BCUT2D eigenvalue weighted by Crippen LogP contribution is 2.28. The summed E-state index contributed by atoms with van der Waals surface area (Å²) in [4.78, 5) is 12.9. The molecule has 10 heteroatoms. The van der Waals surface area contributed by atoms with E-state index < -0.39 is 16.1 Å². The quantitative estimate of drug-likeness (QED) is 0.622. The van der Waals surface area contributed by atoms with E-state index in [-0.39, 0.29) is 18.0 Å². The number of nitrogens with zero attached hydrogens (tertiary/aromatic N) is 4. The van der Waals surface area contributed by atoms with Gasteiger partial charge in [-0.05, 0) is 42.8 Å². The molecule has 1 atom stereocenters. The average Bonchev–Trinajstić information content (AvgIpc) is 2.80. The number of rotatable bonds is 6. The first-order valence-corrected chi connectivity index (χ1v) is 11.2. The monoisotopic (exact) mass is 441 g/mol. The van der Waals surface area contributed by atoms with Crippen LogP contribution >= 0.6 is 0 Å². The van der Waals surface area contributed by atoms with E-state index in [9.17, 15) is 8.42 Å². The van der Waals surface area contributed by atoms with Gasteiger partial charge in [-0.25, -0.2) is 13.4 Å². The van der Waals surface area contributed by atoms with Crippen molar-refractivity contribution in [2.24, 2.45) is 0 Å². The van der Waals surface area contributed by atoms with Crippen LogP contribution in [-0.4, -0.2) is 54.5 Å². The number of ether oxygens (including phenoxy) is 2. The number of anilines is 2. The molecule has 0 saturated carbocycles. The topological polar surface area (TPSA) is 107 Å². The maximum Gasteiger partial charge on any atom is 0.243 e. The lowest BCUT2D eigenvalue weighted by molar-refractivity contribution is -0.00492. The van der Waals surface area contributed by atoms with Crippen molar-refractivity contribution in [3.63, 3.8) is 0 Å². The Balaban J connectivity index is 1.48. The van der Waals surface area contributed by atoms with Gasteiger partial charge in [-0.15, -0.1) is 0 Å². The number of hydrogen-bond donors (Lipinski definition) is 1. The molecule has 9 nitrogen and oxygen atoms in total. The number of methoxy groups -OCH3 is 1. The van der Waals surface area contributed by atoms with Gasteiger partial charge in [0.15, 0.2) is 0 Å². The summed E-state index contributed by atoms with van der Waals surface area (Å²) in [5.74, 6) is 1.26. The lowest BCUT2D eigenvalue weighted by Gasteiger charge is -2.32. The molecular formula is C21H23N5O4S. The Bertz CT molecular complexity index is 1140. The molecule has 1 fully saturated rings. The van der Waals surface area contributed by atoms with E-state index in [4.69, 9.17) is 9.47 Å². The smallest absolute Gasteiger partial charge is 0.243 e. The van der Waals surface area contributed by atoms with Crippen molar-refractivity contribution in [3.05, 3.63) is 66.4 Å². The lowest BCUT2D eigenvalue weighted by Crippen LogP contribution is -2.42. The van der Waals surface area contributed by atoms with Crippen LogP contribution in [0.1, 0.15) is 17.4 Å². The molecule has 0 radical (unpaired) electrons. The average molecular weight is 442 g/mol. The van der Waals surface area contributed by atoms with Crippen LogP contribution in [0, 0.1) is 6.92 Å². The molecule has 4 rings (SSSR count). The number of aromatic nitrogens is 3. The number of benzene rings is 1. The minimum atomic E-state index is -3.66. The van der Waals surface area contributed by atoms with Crippen LogP contribution < -0.4 is 10.1 Å². The van der Waals surface area contributed by atoms with E-state index in [1.54, 1.807) is 50.1 Å². The maximum atomic E-state index is 13.2. The fourth-order valence-corrected chi connectivity index (χ4v) is 4.88. The van der Waals surface area contributed by atoms with Gasteiger partial charge in [-0.2, -0.15) is 4.31 Å². The third-order valence-corrected chi connectivity index (χ3v) is 6.85. The highest BCUT2D eigenvalue weighted by Gasteiger charge is 2.32. The van der Waals surface area contributed by atoms with E-state index in [0.29, 0.717) is 23.9 Å². The lowest BCUT2D eigenvalue weighted by atomic mass is 10.2. The molecule has 0 aliphatic carbocycles. The Morgan fingerprint density at radius 2 is 2.03 bits per heavy atom. The second kappa shape index (κ2) is 8.96. The van der Waals surface area contributed by atoms with Crippen molar-refractivity contribution in [2.45, 2.75) is 17.9 Å². The largest absolute Gasteiger partial charge is 0.496 e. The molecule has 0 bridgehead atoms. The summed E-state index contributed by atoms with van der Waals surface area (Å²) >= 11 is 0. The summed E-state index contributed by atoms with van der Waals surface area (Å²) < 4.78 is 38.8. The molecule has 1 aliphatic rings. The number of nitrogens with one attached hydrogen (secondary N) is 1. The predicted molar refractivity (Wildman–Crippen MR) is 115 cm³/mol. The van der Waals surface area contributed by atoms with Gasteiger partial charge in [-0.1, -0.05) is 0 Å². The third kappa shape index (κ3) is 4.66. The summed E-state index contributed by atoms with van der Waals surface area (Å²) in [6.45, 7) is 2.59. The summed E-state index contributed by atoms with van der Waals surface area (Å²) in [5, 5.41) is 3.11. The first-order chi connectivity index (χ1) is 15.0. The number of morpholine rings is 1. The van der Waals surface area contributed by atoms with Crippen molar-refractivity contribution >= 4 is 21.5 Å². The van der Waals surface area contributed by atoms with Crippen LogP contribution in [0.4, 0.5) is 11.5 Å². The van der Waals surface area contributed by atoms with Gasteiger partial charge in [0.05, 0.1) is 42.4 Å². The maximum absolute atomic E-state index is 13.2. The standard InChI is InChI=1S/C21H23N5O4S/c1-15-11-17(4-6-19(15)29-2)31(27,28)26-9-10-30-20(14-26)18-5-3-16(12-24-18)25-21-13-22-7-8-23-21/h3-8,11-13,20H,9-10,14H2,1-2H3,(H,23,25)/t20-/m1/s1. The Labute approximate surface area is 181 Å². The van der Waals surface area contributed by atoms with Gasteiger partial charge >= 0.3 is 0 Å². The van der Waals surface area contributed by atoms with Crippen molar-refractivity contribution in [1.82, 2.24) is 19.3 Å². The zero-order chi connectivity index (χ0) is 21.8. The second-order valence-electron chi connectivity index (χ2n) is 7.04. The van der Waals surface area contributed by atoms with Crippen LogP contribution in [0.5, 0.6) is 5.75 Å². The van der Waals surface area contributed by atoms with Gasteiger partial charge in [-0.3, -0.25) is 9.97 Å². The van der Waals surface area contributed by atoms with E-state index >= 15 is 0 Å². The van der Waals surface area contributed by atoms with Crippen molar-refractivity contribution < 1.29 is 17.9 Å². The predicted octanol–water partition coefficient (Wildman–Crippen LogP) is 2.69. The Kier molecular flexibility index (Phi) is 6.12. The van der Waals surface area contributed by atoms with Crippen LogP contribution in [0.3, 0.4) is 0 Å². The van der Waals surface area contributed by atoms with E-state index in [1.807, 2.05) is 19.1 Å². The summed E-state index contributed by atoms with van der Waals surface area (Å²) in [7, 11) is -2.10. The fraction of sp³-hybridized carbons (Fsp3) is 0.286. The first kappa shape index (κ1) is 21.2. The molecule has 1 aliphatic heterocycles. The SMILES string of the molecule is COc1ccc(S(=O)(=O)N2CCO[C@@H](c3ccc(Nc4cnccn4)cn3)C2)cc1C. The molecule has 1 saturated heterocycles. The highest BCUT2D eigenvalue weighted by molar-refractivity contribution is 7.89. The summed E-state index contributed by atoms with van der Waals surface area (Å²) in [6.07, 6.45) is 6.02. The molecule has 162 valence electrons. The molecule has 1 N–H and O–H groups in total. The Morgan fingerprint density at radius 1 is 1.16 bits per heavy atom. The molecule has 3 aromatic rings. The summed E-state index contributed by atoms with van der Waals surface area (Å²) in [5.41, 5.74) is 2.18. The molecular weight excluding hydrogens is 418 g/mol. The molecule has 2 aromatic heterocycles. The first-order valence-electron chi connectivity index (χ1n) is 9.73. The van der Waals surface area contributed by atoms with Crippen LogP contribution in [0.25, 0.3) is 0 Å². The number of hydrogen-bond acceptors (Lipinski definition) is 8. The van der Waals surface area contributed by atoms with Gasteiger partial charge in [0.1, 0.15) is 17.7 Å². The van der Waals surface area contributed by atoms with Gasteiger partial charge < -0.3 is 14.8 Å². The third-order valence-electron chi connectivity index (χ3n) is 4.99. The van der Waals surface area contributed by atoms with Crippen molar-refractivity contribution in [1.29, 1.82) is 0 Å². The van der Waals surface area contributed by atoms with E-state index in [1.165, 1.54) is 4.31 Å². The molecule has 31 heavy (non-hydrogen) atoms. The molecule has 0 spiro atoms. The van der Waals surface area contributed by atoms with E-state index in [2.05, 4.69) is 20.3 Å². The minimum absolute atomic E-state index is 0.192. The van der Waals surface area contributed by atoms with Crippen LogP contribution in [0.15, 0.2) is 60.0 Å². The van der Waals surface area contributed by atoms with Gasteiger partial charge in [0.25, 0.3) is 0 Å². The fourth-order valence-electron chi connectivity index (χ4n) is 3.36. The zero-order valence-electron chi connectivity index (χ0n) is 17.2. The Hall–Kier alpha value is -3.08. The van der Waals surface area contributed by atoms with Gasteiger partial charge in [0, 0.05) is 25.5 Å². The minimum Gasteiger partial charge on any atom is -0.496 e. The summed E-state index contributed by atoms with van der Waals surface area (Å²) in [6, 6.07) is 8.53. The van der Waals surface area contributed by atoms with Crippen LogP contribution in [0.2, 0.25) is 0 Å². The van der Waals surface area contributed by atoms with Crippen LogP contribution in [-0.2, 0) is 14.8 Å². The normalized spacial score (nSPS) is 17.3. The Morgan fingerprint density at radius 3 is 2.71 bits per heavy atom. The number of sulfonamides is 1. The second-order valence-corrected chi connectivity index (χ2v) is 8.98. The molecule has 0 amide bonds. The van der Waals surface area contributed by atoms with Gasteiger partial charge in [0.2, 0.25) is 10.0 Å². The zero-order valence-corrected chi connectivity index (χ0v) is 18.0. The molecule has 0 unspecified atom stereocenters. The number of pyridine rings is 1. The molecule has 1 aromatic carbocycles. The number of aryl methyl sites for hydroxylation is 1. The van der Waals surface area contributed by atoms with Crippen molar-refractivity contribution in [2.75, 3.05) is 32.1 Å². The molecule has 3 heterocycles. The highest BCUT2D eigenvalue weighted by atomic mass is 32.2.